The van der Waals surface area contributed by atoms with Crippen molar-refractivity contribution in [1.29, 1.82) is 0 Å². The number of rotatable bonds is 6. The first kappa shape index (κ1) is 15.9. The third-order valence-corrected chi connectivity index (χ3v) is 3.53. The Balaban J connectivity index is 2.77. The molecule has 1 unspecified atom stereocenters. The van der Waals surface area contributed by atoms with Crippen molar-refractivity contribution in [3.63, 3.8) is 0 Å². The van der Waals surface area contributed by atoms with Crippen LogP contribution in [-0.2, 0) is 0 Å². The summed E-state index contributed by atoms with van der Waals surface area (Å²) < 4.78 is 24.8. The summed E-state index contributed by atoms with van der Waals surface area (Å²) in [5, 5.41) is 12.4. The number of hydrogen-bond acceptors (Lipinski definition) is 3. The molecule has 0 saturated carbocycles. The highest BCUT2D eigenvalue weighted by atomic mass is 32.2. The van der Waals surface area contributed by atoms with Crippen LogP contribution in [0.3, 0.4) is 0 Å². The zero-order valence-electron chi connectivity index (χ0n) is 10.8. The summed E-state index contributed by atoms with van der Waals surface area (Å²) in [5.74, 6) is -3.04. The lowest BCUT2D eigenvalue weighted by molar-refractivity contribution is 0.0517. The fraction of sp³-hybridized carbons (Fsp3) is 0.462. The number of alkyl halides is 2. The lowest BCUT2D eigenvalue weighted by Crippen LogP contribution is -2.40. The van der Waals surface area contributed by atoms with Crippen molar-refractivity contribution < 1.29 is 18.7 Å². The second-order valence-corrected chi connectivity index (χ2v) is 5.44. The maximum absolute atomic E-state index is 12.4. The SMILES string of the molecule is CCC(C)(O)CNC(=O)c1ccccc1SC(F)F. The van der Waals surface area contributed by atoms with Crippen LogP contribution < -0.4 is 5.32 Å². The predicted octanol–water partition coefficient (Wildman–Crippen LogP) is 2.89. The molecule has 0 radical (unpaired) electrons. The third-order valence-electron chi connectivity index (χ3n) is 2.74. The van der Waals surface area contributed by atoms with E-state index < -0.39 is 17.3 Å². The Labute approximate surface area is 115 Å². The van der Waals surface area contributed by atoms with Crippen LogP contribution in [0.2, 0.25) is 0 Å². The standard InChI is InChI=1S/C13H17F2NO2S/c1-3-13(2,18)8-16-11(17)9-6-4-5-7-10(9)19-12(14)15/h4-7,12,18H,3,8H2,1-2H3,(H,16,17). The molecule has 2 N–H and O–H groups in total. The van der Waals surface area contributed by atoms with Crippen LogP contribution in [0, 0.1) is 0 Å². The molecule has 0 aliphatic rings. The quantitative estimate of drug-likeness (QED) is 0.792. The van der Waals surface area contributed by atoms with Gasteiger partial charge in [-0.2, -0.15) is 8.78 Å². The molecule has 0 aliphatic carbocycles. The lowest BCUT2D eigenvalue weighted by atomic mass is 10.0. The summed E-state index contributed by atoms with van der Waals surface area (Å²) >= 11 is 0.336. The molecule has 1 rings (SSSR count). The number of nitrogens with one attached hydrogen (secondary N) is 1. The Morgan fingerprint density at radius 2 is 2.11 bits per heavy atom. The van der Waals surface area contributed by atoms with Crippen molar-refractivity contribution in [1.82, 2.24) is 5.32 Å². The van der Waals surface area contributed by atoms with Crippen molar-refractivity contribution in [2.75, 3.05) is 6.54 Å². The number of hydrogen-bond donors (Lipinski definition) is 2. The number of carbonyl (C=O) groups excluding carboxylic acids is 1. The lowest BCUT2D eigenvalue weighted by Gasteiger charge is -2.21. The summed E-state index contributed by atoms with van der Waals surface area (Å²) in [6.07, 6.45) is 0.487. The number of aliphatic hydroxyl groups is 1. The largest absolute Gasteiger partial charge is 0.388 e. The normalized spacial score (nSPS) is 14.2. The van der Waals surface area contributed by atoms with Crippen LogP contribution in [0.1, 0.15) is 30.6 Å². The van der Waals surface area contributed by atoms with Gasteiger partial charge in [-0.05, 0) is 25.5 Å². The average Bonchev–Trinajstić information content (AvgIpc) is 2.36. The summed E-state index contributed by atoms with van der Waals surface area (Å²) in [5.41, 5.74) is -0.805. The molecule has 0 bridgehead atoms. The van der Waals surface area contributed by atoms with Gasteiger partial charge in [0.15, 0.2) is 0 Å². The molecule has 3 nitrogen and oxygen atoms in total. The molecule has 106 valence electrons. The molecule has 19 heavy (non-hydrogen) atoms. The minimum absolute atomic E-state index is 0.0794. The number of carbonyl (C=O) groups is 1. The molecule has 6 heteroatoms. The summed E-state index contributed by atoms with van der Waals surface area (Å²) in [4.78, 5) is 12.2. The topological polar surface area (TPSA) is 49.3 Å². The Bertz CT molecular complexity index is 438. The van der Waals surface area contributed by atoms with E-state index in [1.54, 1.807) is 26.0 Å². The van der Waals surface area contributed by atoms with Gasteiger partial charge in [-0.25, -0.2) is 0 Å². The Morgan fingerprint density at radius 3 is 2.68 bits per heavy atom. The van der Waals surface area contributed by atoms with Crippen molar-refractivity contribution in [3.8, 4) is 0 Å². The molecule has 1 amide bonds. The van der Waals surface area contributed by atoms with Gasteiger partial charge in [0.25, 0.3) is 11.7 Å². The highest BCUT2D eigenvalue weighted by molar-refractivity contribution is 7.99. The van der Waals surface area contributed by atoms with Crippen LogP contribution in [0.5, 0.6) is 0 Å². The van der Waals surface area contributed by atoms with Crippen molar-refractivity contribution in [2.24, 2.45) is 0 Å². The van der Waals surface area contributed by atoms with E-state index in [9.17, 15) is 18.7 Å². The van der Waals surface area contributed by atoms with Crippen molar-refractivity contribution in [3.05, 3.63) is 29.8 Å². The van der Waals surface area contributed by atoms with Crippen LogP contribution >= 0.6 is 11.8 Å². The second kappa shape index (κ2) is 6.86. The molecule has 1 atom stereocenters. The molecule has 0 fully saturated rings. The summed E-state index contributed by atoms with van der Waals surface area (Å²) in [7, 11) is 0. The summed E-state index contributed by atoms with van der Waals surface area (Å²) in [6.45, 7) is 3.48. The highest BCUT2D eigenvalue weighted by Crippen LogP contribution is 2.28. The zero-order valence-corrected chi connectivity index (χ0v) is 11.6. The first-order valence-electron chi connectivity index (χ1n) is 5.90. The van der Waals surface area contributed by atoms with Gasteiger partial charge in [0.1, 0.15) is 0 Å². The average molecular weight is 289 g/mol. The molecule has 0 aliphatic heterocycles. The van der Waals surface area contributed by atoms with Gasteiger partial charge in [0.2, 0.25) is 0 Å². The summed E-state index contributed by atoms with van der Waals surface area (Å²) in [6, 6.07) is 6.18. The van der Waals surface area contributed by atoms with Gasteiger partial charge in [-0.1, -0.05) is 30.8 Å². The molecule has 1 aromatic rings. The molecule has 1 aromatic carbocycles. The molecule has 0 spiro atoms. The number of thioether (sulfide) groups is 1. The Kier molecular flexibility index (Phi) is 5.75. The maximum Gasteiger partial charge on any atom is 0.288 e. The minimum atomic E-state index is -2.58. The van der Waals surface area contributed by atoms with Gasteiger partial charge < -0.3 is 10.4 Å². The first-order valence-corrected chi connectivity index (χ1v) is 6.78. The van der Waals surface area contributed by atoms with Crippen LogP contribution in [0.25, 0.3) is 0 Å². The molecule has 0 saturated heterocycles. The van der Waals surface area contributed by atoms with E-state index in [1.165, 1.54) is 12.1 Å². The maximum atomic E-state index is 12.4. The second-order valence-electron chi connectivity index (χ2n) is 4.41. The molecular weight excluding hydrogens is 272 g/mol. The Morgan fingerprint density at radius 1 is 1.47 bits per heavy atom. The van der Waals surface area contributed by atoms with Gasteiger partial charge in [-0.3, -0.25) is 4.79 Å². The van der Waals surface area contributed by atoms with Crippen LogP contribution in [0.15, 0.2) is 29.2 Å². The predicted molar refractivity (Wildman–Crippen MR) is 71.6 cm³/mol. The number of halogens is 2. The van der Waals surface area contributed by atoms with E-state index in [0.717, 1.165) is 0 Å². The molecule has 0 heterocycles. The van der Waals surface area contributed by atoms with Crippen LogP contribution in [-0.4, -0.2) is 28.9 Å². The fourth-order valence-electron chi connectivity index (χ4n) is 1.34. The van der Waals surface area contributed by atoms with Gasteiger partial charge in [0.05, 0.1) is 11.2 Å². The van der Waals surface area contributed by atoms with E-state index in [2.05, 4.69) is 5.32 Å². The monoisotopic (exact) mass is 289 g/mol. The van der Waals surface area contributed by atoms with Crippen LogP contribution in [0.4, 0.5) is 8.78 Å². The minimum Gasteiger partial charge on any atom is -0.388 e. The third kappa shape index (κ3) is 5.16. The van der Waals surface area contributed by atoms with E-state index in [4.69, 9.17) is 0 Å². The van der Waals surface area contributed by atoms with Crippen molar-refractivity contribution >= 4 is 17.7 Å². The first-order chi connectivity index (χ1) is 8.85. The Hall–Kier alpha value is -1.14. The smallest absolute Gasteiger partial charge is 0.288 e. The van der Waals surface area contributed by atoms with Gasteiger partial charge in [-0.15, -0.1) is 0 Å². The highest BCUT2D eigenvalue weighted by Gasteiger charge is 2.20. The number of benzene rings is 1. The van der Waals surface area contributed by atoms with E-state index in [0.29, 0.717) is 18.2 Å². The number of amides is 1. The van der Waals surface area contributed by atoms with E-state index in [-0.39, 0.29) is 17.0 Å². The van der Waals surface area contributed by atoms with Crippen molar-refractivity contribution in [2.45, 2.75) is 36.5 Å². The molecular formula is C13H17F2NO2S. The van der Waals surface area contributed by atoms with Gasteiger partial charge >= 0.3 is 0 Å². The zero-order chi connectivity index (χ0) is 14.5. The van der Waals surface area contributed by atoms with E-state index in [1.807, 2.05) is 0 Å². The molecule has 0 aromatic heterocycles. The van der Waals surface area contributed by atoms with Gasteiger partial charge in [0, 0.05) is 11.4 Å². The van der Waals surface area contributed by atoms with E-state index >= 15 is 0 Å². The fourth-order valence-corrected chi connectivity index (χ4v) is 1.98.